The first-order valence-corrected chi connectivity index (χ1v) is 17.5. The van der Waals surface area contributed by atoms with Crippen LogP contribution >= 0.6 is 0 Å². The molecule has 0 aliphatic carbocycles. The fourth-order valence-corrected chi connectivity index (χ4v) is 7.34. The lowest BCUT2D eigenvalue weighted by atomic mass is 9.99. The lowest BCUT2D eigenvalue weighted by Crippen LogP contribution is -2.00. The van der Waals surface area contributed by atoms with Gasteiger partial charge in [0.1, 0.15) is 5.65 Å². The van der Waals surface area contributed by atoms with E-state index < -0.39 is 0 Å². The molecule has 0 atom stereocenters. The van der Waals surface area contributed by atoms with Crippen molar-refractivity contribution in [1.82, 2.24) is 23.9 Å². The largest absolute Gasteiger partial charge is 0.293 e. The summed E-state index contributed by atoms with van der Waals surface area (Å²) < 4.78 is 4.79. The molecule has 10 aromatic rings. The van der Waals surface area contributed by atoms with Crippen molar-refractivity contribution in [3.8, 4) is 62.1 Å². The van der Waals surface area contributed by atoms with E-state index in [0.29, 0.717) is 17.5 Å². The lowest BCUT2D eigenvalue weighted by Gasteiger charge is -2.11. The molecule has 244 valence electrons. The van der Waals surface area contributed by atoms with Gasteiger partial charge >= 0.3 is 0 Å². The van der Waals surface area contributed by atoms with E-state index in [1.54, 1.807) is 0 Å². The summed E-state index contributed by atoms with van der Waals surface area (Å²) in [6.07, 6.45) is 0. The lowest BCUT2D eigenvalue weighted by molar-refractivity contribution is 1.07. The maximum atomic E-state index is 4.97. The molecule has 10 rings (SSSR count). The number of benzene rings is 7. The Labute approximate surface area is 300 Å². The number of rotatable bonds is 6. The molecule has 0 N–H and O–H groups in total. The zero-order chi connectivity index (χ0) is 34.4. The van der Waals surface area contributed by atoms with E-state index in [9.17, 15) is 0 Å². The second kappa shape index (κ2) is 12.3. The highest BCUT2D eigenvalue weighted by Crippen LogP contribution is 2.41. The Balaban J connectivity index is 1.15. The maximum Gasteiger partial charge on any atom is 0.164 e. The number of fused-ring (bicyclic) bond motifs is 5. The molecule has 3 aromatic heterocycles. The molecular formula is C47H31N5. The van der Waals surface area contributed by atoms with Crippen molar-refractivity contribution in [3.63, 3.8) is 0 Å². The van der Waals surface area contributed by atoms with Gasteiger partial charge in [0, 0.05) is 33.3 Å². The molecule has 3 heterocycles. The fourth-order valence-electron chi connectivity index (χ4n) is 7.34. The smallest absolute Gasteiger partial charge is 0.164 e. The highest BCUT2D eigenvalue weighted by molar-refractivity contribution is 6.09. The Morgan fingerprint density at radius 3 is 1.29 bits per heavy atom. The topological polar surface area (TPSA) is 48.0 Å². The summed E-state index contributed by atoms with van der Waals surface area (Å²) in [4.78, 5) is 14.8. The third-order valence-electron chi connectivity index (χ3n) is 9.79. The number of para-hydroxylation sites is 3. The van der Waals surface area contributed by atoms with Gasteiger partial charge in [0.15, 0.2) is 17.5 Å². The van der Waals surface area contributed by atoms with Crippen LogP contribution in [0, 0.1) is 0 Å². The van der Waals surface area contributed by atoms with E-state index in [0.717, 1.165) is 39.1 Å². The van der Waals surface area contributed by atoms with Crippen molar-refractivity contribution < 1.29 is 0 Å². The zero-order valence-corrected chi connectivity index (χ0v) is 28.1. The minimum atomic E-state index is 0.634. The average molecular weight is 666 g/mol. The molecule has 0 aliphatic heterocycles. The molecule has 5 heteroatoms. The number of aromatic nitrogens is 5. The first kappa shape index (κ1) is 29.8. The van der Waals surface area contributed by atoms with E-state index in [1.165, 1.54) is 33.2 Å². The van der Waals surface area contributed by atoms with Crippen LogP contribution in [0.4, 0.5) is 0 Å². The Morgan fingerprint density at radius 2 is 0.712 bits per heavy atom. The van der Waals surface area contributed by atoms with Gasteiger partial charge in [-0.1, -0.05) is 146 Å². The molecule has 0 bridgehead atoms. The Bertz CT molecular complexity index is 2800. The van der Waals surface area contributed by atoms with Gasteiger partial charge in [0.2, 0.25) is 0 Å². The first-order chi connectivity index (χ1) is 25.8. The minimum absolute atomic E-state index is 0.634. The van der Waals surface area contributed by atoms with Gasteiger partial charge in [-0.25, -0.2) is 15.0 Å². The summed E-state index contributed by atoms with van der Waals surface area (Å²) in [5, 5.41) is 1.22. The van der Waals surface area contributed by atoms with Crippen molar-refractivity contribution in [3.05, 3.63) is 188 Å². The van der Waals surface area contributed by atoms with Gasteiger partial charge in [-0.3, -0.25) is 8.97 Å². The van der Waals surface area contributed by atoms with Gasteiger partial charge in [0.05, 0.1) is 16.6 Å². The predicted molar refractivity (Wildman–Crippen MR) is 212 cm³/mol. The Morgan fingerprint density at radius 1 is 0.308 bits per heavy atom. The number of imidazole rings is 1. The van der Waals surface area contributed by atoms with Crippen LogP contribution in [0.15, 0.2) is 188 Å². The Hall–Kier alpha value is -7.11. The third-order valence-corrected chi connectivity index (χ3v) is 9.79. The van der Waals surface area contributed by atoms with E-state index in [-0.39, 0.29) is 0 Å². The molecule has 0 fully saturated rings. The molecule has 0 aliphatic rings. The van der Waals surface area contributed by atoms with E-state index in [4.69, 9.17) is 15.0 Å². The standard InChI is InChI=1S/C47H31N5/c1-4-14-32(15-5-1)33-24-26-34(27-25-33)43-39-20-10-11-21-40(39)52-42-23-13-12-22-41(42)51(47(43)52)38-30-28-37(29-31-38)46-49-44(35-16-6-2-7-17-35)48-45(50-46)36-18-8-3-9-19-36/h1-31H. The minimum Gasteiger partial charge on any atom is -0.293 e. The van der Waals surface area contributed by atoms with E-state index >= 15 is 0 Å². The van der Waals surface area contributed by atoms with Crippen LogP contribution in [-0.2, 0) is 0 Å². The molecule has 7 aromatic carbocycles. The summed E-state index contributed by atoms with van der Waals surface area (Å²) in [7, 11) is 0. The zero-order valence-electron chi connectivity index (χ0n) is 28.1. The third kappa shape index (κ3) is 4.98. The van der Waals surface area contributed by atoms with Crippen molar-refractivity contribution in [2.75, 3.05) is 0 Å². The fraction of sp³-hybridized carbons (Fsp3) is 0. The van der Waals surface area contributed by atoms with Crippen LogP contribution in [0.2, 0.25) is 0 Å². The molecule has 5 nitrogen and oxygen atoms in total. The summed E-state index contributed by atoms with van der Waals surface area (Å²) >= 11 is 0. The number of hydrogen-bond acceptors (Lipinski definition) is 3. The second-order valence-corrected chi connectivity index (χ2v) is 12.9. The summed E-state index contributed by atoms with van der Waals surface area (Å²) in [5.74, 6) is 1.93. The van der Waals surface area contributed by atoms with Crippen molar-refractivity contribution in [2.45, 2.75) is 0 Å². The normalized spacial score (nSPS) is 11.5. The maximum absolute atomic E-state index is 4.97. The van der Waals surface area contributed by atoms with E-state index in [2.05, 4.69) is 136 Å². The molecule has 0 saturated heterocycles. The van der Waals surface area contributed by atoms with Crippen molar-refractivity contribution >= 4 is 27.6 Å². The van der Waals surface area contributed by atoms with Crippen LogP contribution in [0.5, 0.6) is 0 Å². The molecule has 0 amide bonds. The first-order valence-electron chi connectivity index (χ1n) is 17.5. The number of hydrogen-bond donors (Lipinski definition) is 0. The Kier molecular flexibility index (Phi) is 7.07. The van der Waals surface area contributed by atoms with Crippen molar-refractivity contribution in [2.24, 2.45) is 0 Å². The quantitative estimate of drug-likeness (QED) is 0.178. The van der Waals surface area contributed by atoms with E-state index in [1.807, 2.05) is 60.7 Å². The average Bonchev–Trinajstić information content (AvgIpc) is 3.74. The second-order valence-electron chi connectivity index (χ2n) is 12.9. The highest BCUT2D eigenvalue weighted by atomic mass is 15.1. The number of nitrogens with zero attached hydrogens (tertiary/aromatic N) is 5. The summed E-state index contributed by atoms with van der Waals surface area (Å²) in [6, 6.07) is 65.7. The highest BCUT2D eigenvalue weighted by Gasteiger charge is 2.22. The molecule has 0 saturated carbocycles. The SMILES string of the molecule is c1ccc(-c2ccc(-c3c4ccccc4n4c5ccccc5n(-c5ccc(-c6nc(-c7ccccc7)nc(-c7ccccc7)n6)cc5)c34)cc2)cc1. The summed E-state index contributed by atoms with van der Waals surface area (Å²) in [5.41, 5.74) is 13.3. The molecule has 0 radical (unpaired) electrons. The van der Waals surface area contributed by atoms with Crippen LogP contribution < -0.4 is 0 Å². The van der Waals surface area contributed by atoms with Crippen LogP contribution in [-0.4, -0.2) is 23.9 Å². The van der Waals surface area contributed by atoms with Gasteiger partial charge in [-0.05, 0) is 59.2 Å². The molecule has 0 unspecified atom stereocenters. The van der Waals surface area contributed by atoms with Crippen LogP contribution in [0.1, 0.15) is 0 Å². The molecule has 52 heavy (non-hydrogen) atoms. The predicted octanol–water partition coefficient (Wildman–Crippen LogP) is 11.6. The van der Waals surface area contributed by atoms with Crippen LogP contribution in [0.25, 0.3) is 89.7 Å². The monoisotopic (exact) mass is 665 g/mol. The van der Waals surface area contributed by atoms with Crippen molar-refractivity contribution in [1.29, 1.82) is 0 Å². The van der Waals surface area contributed by atoms with Gasteiger partial charge < -0.3 is 0 Å². The molecule has 0 spiro atoms. The van der Waals surface area contributed by atoms with Gasteiger partial charge in [0.25, 0.3) is 0 Å². The summed E-state index contributed by atoms with van der Waals surface area (Å²) in [6.45, 7) is 0. The molecular weight excluding hydrogens is 635 g/mol. The van der Waals surface area contributed by atoms with Gasteiger partial charge in [-0.2, -0.15) is 0 Å². The van der Waals surface area contributed by atoms with Gasteiger partial charge in [-0.15, -0.1) is 0 Å². The van der Waals surface area contributed by atoms with Crippen LogP contribution in [0.3, 0.4) is 0 Å².